The van der Waals surface area contributed by atoms with Crippen LogP contribution in [0.15, 0.2) is 36.7 Å². The molecule has 0 aromatic carbocycles. The highest BCUT2D eigenvalue weighted by Gasteiger charge is 2.42. The van der Waals surface area contributed by atoms with Gasteiger partial charge in [0.15, 0.2) is 5.75 Å². The van der Waals surface area contributed by atoms with Crippen molar-refractivity contribution in [3.8, 4) is 11.5 Å². The van der Waals surface area contributed by atoms with Gasteiger partial charge in [0.1, 0.15) is 11.9 Å². The molecule has 1 aliphatic heterocycles. The number of aromatic hydroxyl groups is 1. The molecule has 2 N–H and O–H groups in total. The Bertz CT molecular complexity index is 744. The fourth-order valence-electron chi connectivity index (χ4n) is 4.16. The van der Waals surface area contributed by atoms with E-state index in [-0.39, 0.29) is 17.6 Å². The molecule has 4 rings (SSSR count). The minimum Gasteiger partial charge on any atom is -0.506 e. The van der Waals surface area contributed by atoms with Gasteiger partial charge in [0, 0.05) is 25.8 Å². The lowest BCUT2D eigenvalue weighted by atomic mass is 10.0. The van der Waals surface area contributed by atoms with Crippen LogP contribution in [-0.2, 0) is 0 Å². The van der Waals surface area contributed by atoms with E-state index in [9.17, 15) is 14.6 Å². The summed E-state index contributed by atoms with van der Waals surface area (Å²) in [4.78, 5) is 9.94. The summed E-state index contributed by atoms with van der Waals surface area (Å²) in [5.41, 5.74) is 0.563. The van der Waals surface area contributed by atoms with Crippen LogP contribution in [0.5, 0.6) is 11.5 Å². The first-order chi connectivity index (χ1) is 12.6. The Hall–Kier alpha value is -2.25. The molecule has 2 aliphatic rings. The van der Waals surface area contributed by atoms with Crippen LogP contribution in [0.4, 0.5) is 4.39 Å². The molecule has 1 saturated heterocycles. The van der Waals surface area contributed by atoms with Gasteiger partial charge in [-0.15, -0.1) is 0 Å². The number of aliphatic hydroxyl groups is 1. The molecule has 4 atom stereocenters. The molecule has 1 unspecified atom stereocenters. The number of fused-ring (bicyclic) bond motifs is 1. The van der Waals surface area contributed by atoms with E-state index in [0.29, 0.717) is 24.1 Å². The molecule has 7 heteroatoms. The maximum atomic E-state index is 13.6. The quantitative estimate of drug-likeness (QED) is 0.797. The Balaban J connectivity index is 1.29. The molecule has 26 heavy (non-hydrogen) atoms. The number of β-amino-alcohol motifs (C(OH)–C–C–N with tert-alkyl or cyclic N) is 1. The van der Waals surface area contributed by atoms with Crippen LogP contribution < -0.4 is 4.74 Å². The third-order valence-electron chi connectivity index (χ3n) is 5.35. The molecule has 0 radical (unpaired) electrons. The summed E-state index contributed by atoms with van der Waals surface area (Å²) in [5.74, 6) is 0.756. The summed E-state index contributed by atoms with van der Waals surface area (Å²) >= 11 is 0. The van der Waals surface area contributed by atoms with Crippen LogP contribution in [0.25, 0.3) is 0 Å². The van der Waals surface area contributed by atoms with E-state index in [4.69, 9.17) is 4.74 Å². The molecule has 3 heterocycles. The van der Waals surface area contributed by atoms with Crippen molar-refractivity contribution in [2.75, 3.05) is 19.6 Å². The first-order valence-electron chi connectivity index (χ1n) is 8.91. The second-order valence-corrected chi connectivity index (χ2v) is 7.20. The van der Waals surface area contributed by atoms with E-state index in [1.54, 1.807) is 18.2 Å². The highest BCUT2D eigenvalue weighted by Crippen LogP contribution is 2.40. The number of hydrogen-bond donors (Lipinski definition) is 2. The van der Waals surface area contributed by atoms with Crippen LogP contribution in [0.2, 0.25) is 0 Å². The van der Waals surface area contributed by atoms with Gasteiger partial charge in [0.25, 0.3) is 5.95 Å². The minimum atomic E-state index is -0.675. The normalized spacial score (nSPS) is 26.6. The number of hydrogen-bond acceptors (Lipinski definition) is 6. The maximum Gasteiger partial charge on any atom is 0.255 e. The first-order valence-corrected chi connectivity index (χ1v) is 8.91. The third-order valence-corrected chi connectivity index (χ3v) is 5.35. The topological polar surface area (TPSA) is 78.7 Å². The summed E-state index contributed by atoms with van der Waals surface area (Å²) in [5, 5.41) is 19.6. The lowest BCUT2D eigenvalue weighted by Gasteiger charge is -2.22. The summed E-state index contributed by atoms with van der Waals surface area (Å²) in [7, 11) is 0. The third kappa shape index (κ3) is 3.64. The second-order valence-electron chi connectivity index (χ2n) is 7.20. The predicted octanol–water partition coefficient (Wildman–Crippen LogP) is 2.14. The number of aromatic nitrogens is 2. The van der Waals surface area contributed by atoms with Crippen molar-refractivity contribution < 1.29 is 19.3 Å². The molecular weight excluding hydrogens is 337 g/mol. The Kier molecular flexibility index (Phi) is 4.74. The number of pyridine rings is 2. The van der Waals surface area contributed by atoms with Crippen molar-refractivity contribution in [3.63, 3.8) is 0 Å². The number of likely N-dealkylation sites (tertiary alicyclic amines) is 1. The van der Waals surface area contributed by atoms with Crippen molar-refractivity contribution in [1.82, 2.24) is 14.9 Å². The molecule has 2 aromatic rings. The molecular formula is C19H22FN3O3. The average molecular weight is 359 g/mol. The van der Waals surface area contributed by atoms with Crippen molar-refractivity contribution in [3.05, 3.63) is 48.3 Å². The largest absolute Gasteiger partial charge is 0.506 e. The van der Waals surface area contributed by atoms with E-state index in [1.165, 1.54) is 18.5 Å². The van der Waals surface area contributed by atoms with E-state index in [1.807, 2.05) is 0 Å². The van der Waals surface area contributed by atoms with E-state index in [0.717, 1.165) is 25.9 Å². The zero-order chi connectivity index (χ0) is 18.1. The fraction of sp³-hybridized carbons (Fsp3) is 0.474. The van der Waals surface area contributed by atoms with Crippen molar-refractivity contribution in [2.45, 2.75) is 25.0 Å². The van der Waals surface area contributed by atoms with Gasteiger partial charge in [0.2, 0.25) is 0 Å². The summed E-state index contributed by atoms with van der Waals surface area (Å²) in [6.45, 7) is 2.32. The van der Waals surface area contributed by atoms with Crippen LogP contribution in [0.3, 0.4) is 0 Å². The van der Waals surface area contributed by atoms with Gasteiger partial charge in [-0.2, -0.15) is 4.39 Å². The van der Waals surface area contributed by atoms with Gasteiger partial charge in [-0.3, -0.25) is 9.88 Å². The van der Waals surface area contributed by atoms with Crippen molar-refractivity contribution in [2.24, 2.45) is 11.8 Å². The Morgan fingerprint density at radius 2 is 1.96 bits per heavy atom. The zero-order valence-electron chi connectivity index (χ0n) is 14.3. The van der Waals surface area contributed by atoms with Crippen molar-refractivity contribution in [1.29, 1.82) is 0 Å². The van der Waals surface area contributed by atoms with E-state index >= 15 is 0 Å². The molecule has 2 fully saturated rings. The highest BCUT2D eigenvalue weighted by atomic mass is 19.1. The number of halogens is 1. The molecule has 6 nitrogen and oxygen atoms in total. The Labute approximate surface area is 151 Å². The van der Waals surface area contributed by atoms with Gasteiger partial charge in [-0.05, 0) is 48.9 Å². The van der Waals surface area contributed by atoms with Crippen LogP contribution in [0, 0.1) is 17.8 Å². The SMILES string of the molecule is Oc1ccc(C(O)CN2C[C@H]3C[C@H](Oc4cccnc4F)C[C@H]3C2)nc1. The van der Waals surface area contributed by atoms with Gasteiger partial charge < -0.3 is 14.9 Å². The van der Waals surface area contributed by atoms with Crippen LogP contribution in [0.1, 0.15) is 24.6 Å². The zero-order valence-corrected chi connectivity index (χ0v) is 14.3. The first kappa shape index (κ1) is 17.2. The molecule has 138 valence electrons. The lowest BCUT2D eigenvalue weighted by molar-refractivity contribution is 0.112. The molecule has 2 aromatic heterocycles. The number of ether oxygens (including phenoxy) is 1. The fourth-order valence-corrected chi connectivity index (χ4v) is 4.16. The smallest absolute Gasteiger partial charge is 0.255 e. The van der Waals surface area contributed by atoms with Gasteiger partial charge in [-0.1, -0.05) is 0 Å². The monoisotopic (exact) mass is 359 g/mol. The Morgan fingerprint density at radius 3 is 2.62 bits per heavy atom. The van der Waals surface area contributed by atoms with Gasteiger partial charge >= 0.3 is 0 Å². The average Bonchev–Trinajstić information content (AvgIpc) is 3.15. The summed E-state index contributed by atoms with van der Waals surface area (Å²) in [6, 6.07) is 6.46. The highest BCUT2D eigenvalue weighted by molar-refractivity contribution is 5.20. The second kappa shape index (κ2) is 7.17. The number of nitrogens with zero attached hydrogens (tertiary/aromatic N) is 3. The van der Waals surface area contributed by atoms with E-state index < -0.39 is 12.1 Å². The van der Waals surface area contributed by atoms with Gasteiger partial charge in [0.05, 0.1) is 18.0 Å². The number of rotatable bonds is 5. The molecule has 0 bridgehead atoms. The van der Waals surface area contributed by atoms with Crippen molar-refractivity contribution >= 4 is 0 Å². The Morgan fingerprint density at radius 1 is 1.19 bits per heavy atom. The standard InChI is InChI=1S/C19H22FN3O3/c20-19-18(2-1-5-21-19)26-15-6-12-9-23(10-13(12)7-15)11-17(25)16-4-3-14(24)8-22-16/h1-5,8,12-13,15,17,24-25H,6-7,9-11H2/t12-,13+,15+,17?. The summed E-state index contributed by atoms with van der Waals surface area (Å²) in [6.07, 6.45) is 3.89. The molecule has 0 spiro atoms. The predicted molar refractivity (Wildman–Crippen MR) is 92.1 cm³/mol. The van der Waals surface area contributed by atoms with Crippen LogP contribution in [-0.4, -0.2) is 50.8 Å². The van der Waals surface area contributed by atoms with Crippen LogP contribution >= 0.6 is 0 Å². The van der Waals surface area contributed by atoms with Gasteiger partial charge in [-0.25, -0.2) is 4.98 Å². The lowest BCUT2D eigenvalue weighted by Crippen LogP contribution is -2.29. The molecule has 0 amide bonds. The minimum absolute atomic E-state index is 0.0227. The summed E-state index contributed by atoms with van der Waals surface area (Å²) < 4.78 is 19.4. The maximum absolute atomic E-state index is 13.6. The van der Waals surface area contributed by atoms with E-state index in [2.05, 4.69) is 14.9 Å². The number of aliphatic hydroxyl groups excluding tert-OH is 1. The molecule has 1 aliphatic carbocycles. The molecule has 1 saturated carbocycles.